The molecule has 0 fully saturated rings. The van der Waals surface area contributed by atoms with Crippen LogP contribution in [-0.2, 0) is 13.0 Å². The first kappa shape index (κ1) is 16.1. The van der Waals surface area contributed by atoms with Gasteiger partial charge in [0, 0.05) is 11.3 Å². The van der Waals surface area contributed by atoms with Crippen LogP contribution >= 0.6 is 0 Å². The second kappa shape index (κ2) is 6.80. The van der Waals surface area contributed by atoms with E-state index in [1.165, 1.54) is 0 Å². The van der Waals surface area contributed by atoms with Gasteiger partial charge in [0.15, 0.2) is 0 Å². The summed E-state index contributed by atoms with van der Waals surface area (Å²) in [7, 11) is 1.57. The van der Waals surface area contributed by atoms with Gasteiger partial charge in [0.1, 0.15) is 5.75 Å². The number of hydrogen-bond acceptors (Lipinski definition) is 4. The number of anilines is 1. The second-order valence-corrected chi connectivity index (χ2v) is 5.76. The molecule has 2 aromatic carbocycles. The van der Waals surface area contributed by atoms with Gasteiger partial charge in [0.25, 0.3) is 0 Å². The minimum Gasteiger partial charge on any atom is -0.497 e. The lowest BCUT2D eigenvalue weighted by Gasteiger charge is -2.24. The predicted molar refractivity (Wildman–Crippen MR) is 90.4 cm³/mol. The van der Waals surface area contributed by atoms with E-state index in [9.17, 15) is 9.90 Å². The molecular formula is C18H20N2O4. The summed E-state index contributed by atoms with van der Waals surface area (Å²) in [6.45, 7) is -0.134. The number of carbonyl (C=O) groups is 1. The maximum atomic E-state index is 11.1. The molecule has 0 radical (unpaired) electrons. The number of nitrogens with one attached hydrogen (secondary N) is 2. The molecule has 24 heavy (non-hydrogen) atoms. The summed E-state index contributed by atoms with van der Waals surface area (Å²) in [4.78, 5) is 11.1. The second-order valence-electron chi connectivity index (χ2n) is 5.76. The van der Waals surface area contributed by atoms with Gasteiger partial charge < -0.3 is 25.6 Å². The van der Waals surface area contributed by atoms with Crippen molar-refractivity contribution in [3.05, 3.63) is 59.2 Å². The molecule has 0 bridgehead atoms. The quantitative estimate of drug-likeness (QED) is 0.677. The van der Waals surface area contributed by atoms with Crippen molar-refractivity contribution in [3.63, 3.8) is 0 Å². The lowest BCUT2D eigenvalue weighted by molar-refractivity contribution is 0.189. The maximum absolute atomic E-state index is 11.1. The SMILES string of the molecule is COc1ccc(N[C@@H]2c3ccccc3C[C@H]2NC(=O)O)c(CO)c1. The highest BCUT2D eigenvalue weighted by atomic mass is 16.5. The van der Waals surface area contributed by atoms with Gasteiger partial charge in [-0.3, -0.25) is 0 Å². The lowest BCUT2D eigenvalue weighted by Crippen LogP contribution is -2.39. The molecule has 6 heteroatoms. The molecule has 0 unspecified atom stereocenters. The smallest absolute Gasteiger partial charge is 0.404 e. The van der Waals surface area contributed by atoms with Crippen molar-refractivity contribution in [3.8, 4) is 5.75 Å². The van der Waals surface area contributed by atoms with Crippen LogP contribution in [0.5, 0.6) is 5.75 Å². The number of carboxylic acid groups (broad SMARTS) is 1. The van der Waals surface area contributed by atoms with Gasteiger partial charge in [-0.15, -0.1) is 0 Å². The van der Waals surface area contributed by atoms with E-state index in [1.807, 2.05) is 36.4 Å². The number of fused-ring (bicyclic) bond motifs is 1. The largest absolute Gasteiger partial charge is 0.497 e. The van der Waals surface area contributed by atoms with Crippen molar-refractivity contribution < 1.29 is 19.7 Å². The third-order valence-corrected chi connectivity index (χ3v) is 4.33. The molecule has 0 heterocycles. The Labute approximate surface area is 140 Å². The molecule has 3 rings (SSSR count). The first-order valence-electron chi connectivity index (χ1n) is 7.74. The van der Waals surface area contributed by atoms with Crippen LogP contribution in [-0.4, -0.2) is 29.5 Å². The van der Waals surface area contributed by atoms with Crippen LogP contribution in [0, 0.1) is 0 Å². The Bertz CT molecular complexity index is 748. The monoisotopic (exact) mass is 328 g/mol. The summed E-state index contributed by atoms with van der Waals surface area (Å²) in [5.74, 6) is 0.664. The van der Waals surface area contributed by atoms with Crippen molar-refractivity contribution in [1.29, 1.82) is 0 Å². The highest BCUT2D eigenvalue weighted by Crippen LogP contribution is 2.35. The number of amides is 1. The van der Waals surface area contributed by atoms with Gasteiger partial charge in [-0.05, 0) is 35.7 Å². The number of rotatable bonds is 5. The summed E-state index contributed by atoms with van der Waals surface area (Å²) in [6.07, 6.45) is -0.415. The van der Waals surface area contributed by atoms with Gasteiger partial charge >= 0.3 is 6.09 Å². The first-order valence-corrected chi connectivity index (χ1v) is 7.74. The number of ether oxygens (including phenoxy) is 1. The number of aliphatic hydroxyl groups excluding tert-OH is 1. The topological polar surface area (TPSA) is 90.8 Å². The Balaban J connectivity index is 1.92. The van der Waals surface area contributed by atoms with E-state index in [0.29, 0.717) is 17.7 Å². The van der Waals surface area contributed by atoms with E-state index in [0.717, 1.165) is 16.8 Å². The van der Waals surface area contributed by atoms with Crippen molar-refractivity contribution in [2.45, 2.75) is 25.1 Å². The summed E-state index contributed by atoms with van der Waals surface area (Å²) < 4.78 is 5.18. The van der Waals surface area contributed by atoms with Gasteiger partial charge in [0.05, 0.1) is 25.8 Å². The Morgan fingerprint density at radius 2 is 2.08 bits per heavy atom. The minimum absolute atomic E-state index is 0.134. The lowest BCUT2D eigenvalue weighted by atomic mass is 10.1. The first-order chi connectivity index (χ1) is 11.6. The third kappa shape index (κ3) is 3.14. The summed E-state index contributed by atoms with van der Waals surface area (Å²) in [6, 6.07) is 12.8. The predicted octanol–water partition coefficient (Wildman–Crippen LogP) is 2.53. The molecule has 0 spiro atoms. The van der Waals surface area contributed by atoms with Crippen molar-refractivity contribution in [2.75, 3.05) is 12.4 Å². The fourth-order valence-electron chi connectivity index (χ4n) is 3.20. The van der Waals surface area contributed by atoms with Crippen LogP contribution in [0.1, 0.15) is 22.7 Å². The summed E-state index contributed by atoms with van der Waals surface area (Å²) >= 11 is 0. The molecular weight excluding hydrogens is 308 g/mol. The Hall–Kier alpha value is -2.73. The van der Waals surface area contributed by atoms with Crippen LogP contribution < -0.4 is 15.4 Å². The fourth-order valence-corrected chi connectivity index (χ4v) is 3.20. The molecule has 0 saturated heterocycles. The number of aliphatic hydroxyl groups is 1. The minimum atomic E-state index is -1.04. The zero-order valence-electron chi connectivity index (χ0n) is 13.3. The number of benzene rings is 2. The Morgan fingerprint density at radius 1 is 1.29 bits per heavy atom. The molecule has 126 valence electrons. The van der Waals surface area contributed by atoms with Crippen molar-refractivity contribution >= 4 is 11.8 Å². The average Bonchev–Trinajstić information content (AvgIpc) is 2.92. The molecule has 0 saturated carbocycles. The fraction of sp³-hybridized carbons (Fsp3) is 0.278. The average molecular weight is 328 g/mol. The van der Waals surface area contributed by atoms with E-state index in [1.54, 1.807) is 13.2 Å². The Morgan fingerprint density at radius 3 is 2.79 bits per heavy atom. The highest BCUT2D eigenvalue weighted by molar-refractivity contribution is 5.66. The van der Waals surface area contributed by atoms with E-state index in [-0.39, 0.29) is 18.7 Å². The van der Waals surface area contributed by atoms with Crippen LogP contribution in [0.3, 0.4) is 0 Å². The van der Waals surface area contributed by atoms with E-state index < -0.39 is 6.09 Å². The zero-order valence-corrected chi connectivity index (χ0v) is 13.3. The molecule has 1 aliphatic rings. The van der Waals surface area contributed by atoms with Crippen LogP contribution in [0.2, 0.25) is 0 Å². The molecule has 0 aliphatic heterocycles. The van der Waals surface area contributed by atoms with Crippen molar-refractivity contribution in [2.24, 2.45) is 0 Å². The number of hydrogen-bond donors (Lipinski definition) is 4. The number of methoxy groups -OCH3 is 1. The van der Waals surface area contributed by atoms with Crippen LogP contribution in [0.15, 0.2) is 42.5 Å². The summed E-state index contributed by atoms with van der Waals surface area (Å²) in [5, 5.41) is 24.7. The molecule has 2 atom stereocenters. The molecule has 2 aromatic rings. The summed E-state index contributed by atoms with van der Waals surface area (Å²) in [5.41, 5.74) is 3.65. The van der Waals surface area contributed by atoms with E-state index in [2.05, 4.69) is 10.6 Å². The van der Waals surface area contributed by atoms with Gasteiger partial charge in [-0.2, -0.15) is 0 Å². The van der Waals surface area contributed by atoms with E-state index in [4.69, 9.17) is 9.84 Å². The molecule has 1 amide bonds. The van der Waals surface area contributed by atoms with Crippen LogP contribution in [0.4, 0.5) is 10.5 Å². The van der Waals surface area contributed by atoms with Crippen LogP contribution in [0.25, 0.3) is 0 Å². The normalized spacial score (nSPS) is 18.8. The maximum Gasteiger partial charge on any atom is 0.404 e. The van der Waals surface area contributed by atoms with E-state index >= 15 is 0 Å². The molecule has 4 N–H and O–H groups in total. The van der Waals surface area contributed by atoms with Gasteiger partial charge in [0.2, 0.25) is 0 Å². The molecule has 6 nitrogen and oxygen atoms in total. The van der Waals surface area contributed by atoms with Gasteiger partial charge in [-0.25, -0.2) is 4.79 Å². The third-order valence-electron chi connectivity index (χ3n) is 4.33. The molecule has 0 aromatic heterocycles. The van der Waals surface area contributed by atoms with Crippen molar-refractivity contribution in [1.82, 2.24) is 5.32 Å². The highest BCUT2D eigenvalue weighted by Gasteiger charge is 2.33. The Kier molecular flexibility index (Phi) is 4.57. The standard InChI is InChI=1S/C18H20N2O4/c1-24-13-6-7-15(12(8-13)10-21)19-17-14-5-3-2-4-11(14)9-16(17)20-18(22)23/h2-8,16-17,19-21H,9-10H2,1H3,(H,22,23)/t16-,17-/m1/s1. The zero-order chi connectivity index (χ0) is 17.1. The van der Waals surface area contributed by atoms with Gasteiger partial charge in [-0.1, -0.05) is 24.3 Å². The molecule has 1 aliphatic carbocycles.